The zero-order valence-corrected chi connectivity index (χ0v) is 10.7. The number of nitrogens with one attached hydrogen (secondary N) is 2. The number of carbonyl (C=O) groups is 3. The number of benzene rings is 1. The molecule has 106 valence electrons. The molecule has 0 spiro atoms. The van der Waals surface area contributed by atoms with Gasteiger partial charge in [-0.3, -0.25) is 25.4 Å². The molecular formula is C14H11N3O4. The van der Waals surface area contributed by atoms with Crippen LogP contribution in [0.1, 0.15) is 10.5 Å². The molecule has 1 aromatic carbocycles. The number of aromatic nitrogens is 1. The molecule has 0 atom stereocenters. The third-order valence-corrected chi connectivity index (χ3v) is 2.57. The second kappa shape index (κ2) is 6.29. The van der Waals surface area contributed by atoms with Crippen molar-refractivity contribution in [2.75, 3.05) is 0 Å². The number of aliphatic carboxylic acids is 1. The predicted octanol–water partition coefficient (Wildman–Crippen LogP) is 0.637. The van der Waals surface area contributed by atoms with Crippen LogP contribution in [0.4, 0.5) is 0 Å². The molecule has 0 saturated carbocycles. The summed E-state index contributed by atoms with van der Waals surface area (Å²) in [7, 11) is 0. The van der Waals surface area contributed by atoms with E-state index in [0.717, 1.165) is 11.5 Å². The summed E-state index contributed by atoms with van der Waals surface area (Å²) in [6.45, 7) is 0. The summed E-state index contributed by atoms with van der Waals surface area (Å²) in [5.41, 5.74) is 4.40. The molecule has 1 heterocycles. The number of fused-ring (bicyclic) bond motifs is 1. The van der Waals surface area contributed by atoms with Crippen molar-refractivity contribution in [1.82, 2.24) is 15.8 Å². The number of carboxylic acid groups (broad SMARTS) is 1. The number of carboxylic acids is 1. The third kappa shape index (κ3) is 3.63. The minimum atomic E-state index is -1.26. The van der Waals surface area contributed by atoms with E-state index in [-0.39, 0.29) is 5.69 Å². The highest BCUT2D eigenvalue weighted by atomic mass is 16.4. The van der Waals surface area contributed by atoms with Gasteiger partial charge in [0.25, 0.3) is 11.8 Å². The number of hydrazine groups is 1. The molecule has 2 aromatic rings. The first-order valence-corrected chi connectivity index (χ1v) is 5.93. The fourth-order valence-electron chi connectivity index (χ4n) is 1.67. The highest BCUT2D eigenvalue weighted by Crippen LogP contribution is 2.15. The van der Waals surface area contributed by atoms with Gasteiger partial charge in [-0.05, 0) is 11.5 Å². The Balaban J connectivity index is 2.09. The number of hydrogen-bond acceptors (Lipinski definition) is 4. The van der Waals surface area contributed by atoms with Crippen LogP contribution in [0.3, 0.4) is 0 Å². The monoisotopic (exact) mass is 285 g/mol. The lowest BCUT2D eigenvalue weighted by Crippen LogP contribution is -2.41. The topological polar surface area (TPSA) is 108 Å². The minimum Gasteiger partial charge on any atom is -0.478 e. The highest BCUT2D eigenvalue weighted by Gasteiger charge is 2.11. The van der Waals surface area contributed by atoms with Gasteiger partial charge >= 0.3 is 5.97 Å². The molecular weight excluding hydrogens is 274 g/mol. The average Bonchev–Trinajstić information content (AvgIpc) is 2.50. The second-order valence-electron chi connectivity index (χ2n) is 4.00. The van der Waals surface area contributed by atoms with Crippen molar-refractivity contribution < 1.29 is 19.5 Å². The number of carbonyl (C=O) groups excluding carboxylic acids is 2. The van der Waals surface area contributed by atoms with Gasteiger partial charge in [-0.1, -0.05) is 24.3 Å². The number of amides is 2. The van der Waals surface area contributed by atoms with Crippen LogP contribution >= 0.6 is 0 Å². The average molecular weight is 285 g/mol. The van der Waals surface area contributed by atoms with Gasteiger partial charge < -0.3 is 5.11 Å². The number of rotatable bonds is 3. The Morgan fingerprint density at radius 2 is 1.81 bits per heavy atom. The second-order valence-corrected chi connectivity index (χ2v) is 4.00. The molecule has 0 fully saturated rings. The molecule has 1 aromatic heterocycles. The van der Waals surface area contributed by atoms with Gasteiger partial charge in [0.1, 0.15) is 5.69 Å². The molecule has 7 nitrogen and oxygen atoms in total. The molecule has 0 bridgehead atoms. The highest BCUT2D eigenvalue weighted by molar-refractivity contribution is 6.06. The van der Waals surface area contributed by atoms with Crippen molar-refractivity contribution in [1.29, 1.82) is 0 Å². The molecule has 0 aliphatic heterocycles. The zero-order chi connectivity index (χ0) is 15.2. The van der Waals surface area contributed by atoms with E-state index in [1.807, 2.05) is 12.1 Å². The van der Waals surface area contributed by atoms with E-state index in [0.29, 0.717) is 11.5 Å². The number of hydrogen-bond donors (Lipinski definition) is 3. The SMILES string of the molecule is O=C(O)/C=C\C(=O)NNC(=O)c1nccc2ccccc12. The molecule has 21 heavy (non-hydrogen) atoms. The first-order valence-electron chi connectivity index (χ1n) is 5.93. The molecule has 2 amide bonds. The Hall–Kier alpha value is -3.22. The van der Waals surface area contributed by atoms with Crippen LogP contribution in [-0.2, 0) is 9.59 Å². The largest absolute Gasteiger partial charge is 0.478 e. The Bertz CT molecular complexity index is 735. The van der Waals surface area contributed by atoms with Crippen LogP contribution in [0.2, 0.25) is 0 Å². The van der Waals surface area contributed by atoms with Crippen LogP contribution in [0.15, 0.2) is 48.7 Å². The summed E-state index contributed by atoms with van der Waals surface area (Å²) in [5, 5.41) is 9.86. The molecule has 0 saturated heterocycles. The summed E-state index contributed by atoms with van der Waals surface area (Å²) in [6, 6.07) is 8.95. The van der Waals surface area contributed by atoms with E-state index in [4.69, 9.17) is 5.11 Å². The molecule has 0 aliphatic carbocycles. The maximum Gasteiger partial charge on any atom is 0.328 e. The van der Waals surface area contributed by atoms with Crippen LogP contribution in [-0.4, -0.2) is 27.9 Å². The Kier molecular flexibility index (Phi) is 4.25. The summed E-state index contributed by atoms with van der Waals surface area (Å²) in [6.07, 6.45) is 2.94. The van der Waals surface area contributed by atoms with Gasteiger partial charge in [0.15, 0.2) is 0 Å². The van der Waals surface area contributed by atoms with E-state index < -0.39 is 17.8 Å². The van der Waals surface area contributed by atoms with E-state index in [9.17, 15) is 14.4 Å². The summed E-state index contributed by atoms with van der Waals surface area (Å²) >= 11 is 0. The summed E-state index contributed by atoms with van der Waals surface area (Å²) in [5.74, 6) is -2.61. The first kappa shape index (κ1) is 14.2. The van der Waals surface area contributed by atoms with Crippen LogP contribution in [0.5, 0.6) is 0 Å². The molecule has 7 heteroatoms. The van der Waals surface area contributed by atoms with Gasteiger partial charge in [-0.15, -0.1) is 0 Å². The van der Waals surface area contributed by atoms with Gasteiger partial charge in [0.05, 0.1) is 0 Å². The van der Waals surface area contributed by atoms with E-state index >= 15 is 0 Å². The van der Waals surface area contributed by atoms with Crippen molar-refractivity contribution >= 4 is 28.6 Å². The Morgan fingerprint density at radius 1 is 1.05 bits per heavy atom. The molecule has 0 unspecified atom stereocenters. The standard InChI is InChI=1S/C14H11N3O4/c18-11(5-6-12(19)20)16-17-14(21)13-10-4-2-1-3-9(10)7-8-15-13/h1-8H,(H,16,18)(H,17,21)(H,19,20)/b6-5-. The van der Waals surface area contributed by atoms with Crippen molar-refractivity contribution in [3.05, 3.63) is 54.4 Å². The van der Waals surface area contributed by atoms with Crippen molar-refractivity contribution in [3.63, 3.8) is 0 Å². The quantitative estimate of drug-likeness (QED) is 0.566. The van der Waals surface area contributed by atoms with Crippen molar-refractivity contribution in [3.8, 4) is 0 Å². The fourth-order valence-corrected chi connectivity index (χ4v) is 1.67. The Labute approximate surface area is 119 Å². The maximum absolute atomic E-state index is 12.0. The molecule has 3 N–H and O–H groups in total. The summed E-state index contributed by atoms with van der Waals surface area (Å²) in [4.78, 5) is 37.5. The van der Waals surface area contributed by atoms with Crippen LogP contribution in [0.25, 0.3) is 10.8 Å². The zero-order valence-electron chi connectivity index (χ0n) is 10.7. The van der Waals surface area contributed by atoms with Crippen LogP contribution < -0.4 is 10.9 Å². The lowest BCUT2D eigenvalue weighted by atomic mass is 10.1. The third-order valence-electron chi connectivity index (χ3n) is 2.57. The van der Waals surface area contributed by atoms with E-state index in [2.05, 4.69) is 15.8 Å². The Morgan fingerprint density at radius 3 is 2.57 bits per heavy atom. The normalized spacial score (nSPS) is 10.5. The van der Waals surface area contributed by atoms with Gasteiger partial charge in [0, 0.05) is 23.7 Å². The van der Waals surface area contributed by atoms with Gasteiger partial charge in [0.2, 0.25) is 0 Å². The van der Waals surface area contributed by atoms with E-state index in [1.165, 1.54) is 6.20 Å². The lowest BCUT2D eigenvalue weighted by molar-refractivity contribution is -0.131. The van der Waals surface area contributed by atoms with E-state index in [1.54, 1.807) is 18.2 Å². The van der Waals surface area contributed by atoms with Crippen molar-refractivity contribution in [2.24, 2.45) is 0 Å². The van der Waals surface area contributed by atoms with Gasteiger partial charge in [-0.2, -0.15) is 0 Å². The van der Waals surface area contributed by atoms with Crippen LogP contribution in [0, 0.1) is 0 Å². The maximum atomic E-state index is 12.0. The minimum absolute atomic E-state index is 0.163. The number of nitrogens with zero attached hydrogens (tertiary/aromatic N) is 1. The molecule has 2 rings (SSSR count). The lowest BCUT2D eigenvalue weighted by Gasteiger charge is -2.07. The molecule has 0 radical (unpaired) electrons. The first-order chi connectivity index (χ1) is 10.1. The smallest absolute Gasteiger partial charge is 0.328 e. The fraction of sp³-hybridized carbons (Fsp3) is 0. The number of pyridine rings is 1. The summed E-state index contributed by atoms with van der Waals surface area (Å²) < 4.78 is 0. The van der Waals surface area contributed by atoms with Crippen molar-refractivity contribution in [2.45, 2.75) is 0 Å². The predicted molar refractivity (Wildman–Crippen MR) is 74.1 cm³/mol. The molecule has 0 aliphatic rings. The van der Waals surface area contributed by atoms with Gasteiger partial charge in [-0.25, -0.2) is 4.79 Å².